The molecule has 1 aromatic heterocycles. The van der Waals surface area contributed by atoms with Gasteiger partial charge >= 0.3 is 5.97 Å². The Labute approximate surface area is 271 Å². The quantitative estimate of drug-likeness (QED) is 0.231. The molecule has 12 atom stereocenters. The number of hydrogen-bond donors (Lipinski definition) is 3. The number of aliphatic imine (C=N–C) groups is 1. The van der Waals surface area contributed by atoms with Crippen molar-refractivity contribution in [2.75, 3.05) is 13.7 Å². The van der Waals surface area contributed by atoms with Crippen LogP contribution in [-0.4, -0.2) is 88.1 Å². The van der Waals surface area contributed by atoms with Gasteiger partial charge in [-0.05, 0) is 99.3 Å². The first-order chi connectivity index (χ1) is 22.0. The van der Waals surface area contributed by atoms with Gasteiger partial charge in [-0.25, -0.2) is 4.79 Å². The fourth-order valence-corrected chi connectivity index (χ4v) is 10.8. The van der Waals surface area contributed by atoms with Crippen LogP contribution in [0.5, 0.6) is 0 Å². The van der Waals surface area contributed by atoms with Crippen molar-refractivity contribution in [2.24, 2.45) is 33.6 Å². The first-order valence-electron chi connectivity index (χ1n) is 17.3. The number of aliphatic hydroxyl groups excluding tert-OH is 1. The second-order valence-corrected chi connectivity index (χ2v) is 15.2. The molecule has 7 rings (SSSR count). The number of hydrogen-bond acceptors (Lipinski definition) is 10. The highest BCUT2D eigenvalue weighted by atomic mass is 16.7. The van der Waals surface area contributed by atoms with Crippen molar-refractivity contribution in [1.82, 2.24) is 4.98 Å². The van der Waals surface area contributed by atoms with Crippen LogP contribution in [0.25, 0.3) is 0 Å². The normalized spacial score (nSPS) is 47.2. The number of pyridine rings is 1. The molecule has 3 N–H and O–H groups in total. The van der Waals surface area contributed by atoms with Gasteiger partial charge in [-0.15, -0.1) is 0 Å². The van der Waals surface area contributed by atoms with Crippen LogP contribution in [0.4, 0.5) is 0 Å². The van der Waals surface area contributed by atoms with Crippen molar-refractivity contribution < 1.29 is 39.1 Å². The van der Waals surface area contributed by atoms with E-state index in [1.165, 1.54) is 0 Å². The highest BCUT2D eigenvalue weighted by Crippen LogP contribution is 2.70. The Morgan fingerprint density at radius 1 is 1.09 bits per heavy atom. The monoisotopic (exact) mass is 638 g/mol. The molecule has 1 aromatic rings. The summed E-state index contributed by atoms with van der Waals surface area (Å²) in [6.07, 6.45) is 11.8. The van der Waals surface area contributed by atoms with Crippen LogP contribution in [-0.2, 0) is 30.3 Å². The molecule has 0 unspecified atom stereocenters. The van der Waals surface area contributed by atoms with E-state index >= 15 is 0 Å². The highest BCUT2D eigenvalue weighted by molar-refractivity contribution is 5.85. The van der Waals surface area contributed by atoms with E-state index in [9.17, 15) is 20.1 Å². The maximum absolute atomic E-state index is 12.8. The Morgan fingerprint density at radius 2 is 1.87 bits per heavy atom. The number of carbonyl (C=O) groups is 1. The summed E-state index contributed by atoms with van der Waals surface area (Å²) in [4.78, 5) is 21.1. The van der Waals surface area contributed by atoms with Crippen LogP contribution in [0.1, 0.15) is 83.6 Å². The number of aliphatic hydroxyl groups is 3. The van der Waals surface area contributed by atoms with Crippen LogP contribution in [0.2, 0.25) is 0 Å². The molecule has 3 heterocycles. The molecule has 0 spiro atoms. The number of aromatic nitrogens is 1. The lowest BCUT2D eigenvalue weighted by Crippen LogP contribution is -2.69. The van der Waals surface area contributed by atoms with Gasteiger partial charge in [0.25, 0.3) is 0 Å². The number of rotatable bonds is 7. The van der Waals surface area contributed by atoms with Gasteiger partial charge in [0.1, 0.15) is 12.7 Å². The summed E-state index contributed by atoms with van der Waals surface area (Å²) in [6, 6.07) is 3.93. The lowest BCUT2D eigenvalue weighted by atomic mass is 9.41. The molecule has 46 heavy (non-hydrogen) atoms. The lowest BCUT2D eigenvalue weighted by Gasteiger charge is -2.66. The zero-order valence-corrected chi connectivity index (χ0v) is 27.3. The second kappa shape index (κ2) is 12.0. The van der Waals surface area contributed by atoms with Crippen molar-refractivity contribution in [2.45, 2.75) is 127 Å². The third-order valence-electron chi connectivity index (χ3n) is 13.3. The molecule has 5 fully saturated rings. The molecule has 0 amide bonds. The third kappa shape index (κ3) is 5.10. The standard InChI is InChI=1S/C36H50N2O8/c1-22-32(40)29(43-3)17-31(45-22)46-25-4-11-34(21-38-19-23-8-14-37-15-9-23)27-5-10-33(2)26(24-16-30(39)44-20-24)7-13-36(33,42)28(27)6-12-35(34,41)18-25/h8-9,14-16,21-22,25-29,31-32,40-42H,4-7,10-13,17-20H2,1-3H3/t22-,25-,26+,27+,28+,29+,31+,32-,33-,34+,35+,36+/m1/s1. The summed E-state index contributed by atoms with van der Waals surface area (Å²) < 4.78 is 23.4. The van der Waals surface area contributed by atoms with E-state index in [1.54, 1.807) is 25.6 Å². The van der Waals surface area contributed by atoms with Gasteiger partial charge in [0.2, 0.25) is 0 Å². The molecule has 1 saturated heterocycles. The number of esters is 1. The molecule has 2 aliphatic heterocycles. The van der Waals surface area contributed by atoms with Gasteiger partial charge in [0.15, 0.2) is 6.29 Å². The topological polar surface area (TPSA) is 140 Å². The second-order valence-electron chi connectivity index (χ2n) is 15.2. The number of methoxy groups -OCH3 is 1. The molecule has 0 aromatic carbocycles. The number of cyclic esters (lactones) is 1. The first kappa shape index (κ1) is 32.3. The summed E-state index contributed by atoms with van der Waals surface area (Å²) in [7, 11) is 1.60. The van der Waals surface area contributed by atoms with Crippen LogP contribution in [0.15, 0.2) is 41.2 Å². The van der Waals surface area contributed by atoms with E-state index < -0.39 is 35.1 Å². The first-order valence-corrected chi connectivity index (χ1v) is 17.3. The van der Waals surface area contributed by atoms with Crippen molar-refractivity contribution in [3.05, 3.63) is 41.7 Å². The minimum atomic E-state index is -1.06. The number of fused-ring (bicyclic) bond motifs is 5. The third-order valence-corrected chi connectivity index (χ3v) is 13.3. The molecule has 10 heteroatoms. The molecule has 4 saturated carbocycles. The molecular formula is C36H50N2O8. The smallest absolute Gasteiger partial charge is 0.331 e. The fraction of sp³-hybridized carbons (Fsp3) is 0.750. The van der Waals surface area contributed by atoms with Gasteiger partial charge in [-0.3, -0.25) is 9.98 Å². The van der Waals surface area contributed by atoms with Crippen LogP contribution in [0, 0.1) is 28.6 Å². The highest BCUT2D eigenvalue weighted by Gasteiger charge is 2.71. The Hall–Kier alpha value is -2.21. The van der Waals surface area contributed by atoms with Crippen LogP contribution < -0.4 is 0 Å². The molecule has 0 bridgehead atoms. The summed E-state index contributed by atoms with van der Waals surface area (Å²) >= 11 is 0. The maximum atomic E-state index is 12.8. The van der Waals surface area contributed by atoms with Crippen LogP contribution in [0.3, 0.4) is 0 Å². The fourth-order valence-electron chi connectivity index (χ4n) is 10.8. The summed E-state index contributed by atoms with van der Waals surface area (Å²) in [6.45, 7) is 4.87. The number of carbonyl (C=O) groups excluding carboxylic acids is 1. The summed E-state index contributed by atoms with van der Waals surface area (Å²) in [5.74, 6) is -0.111. The van der Waals surface area contributed by atoms with Gasteiger partial charge in [-0.2, -0.15) is 0 Å². The molecule has 252 valence electrons. The minimum Gasteiger partial charge on any atom is -0.458 e. The molecule has 6 aliphatic rings. The molecular weight excluding hydrogens is 588 g/mol. The largest absolute Gasteiger partial charge is 0.458 e. The van der Waals surface area contributed by atoms with Crippen molar-refractivity contribution in [1.29, 1.82) is 0 Å². The van der Waals surface area contributed by atoms with E-state index in [0.29, 0.717) is 45.3 Å². The van der Waals surface area contributed by atoms with E-state index in [2.05, 4.69) is 18.1 Å². The van der Waals surface area contributed by atoms with Gasteiger partial charge in [0.05, 0.1) is 36.1 Å². The van der Waals surface area contributed by atoms with E-state index in [1.807, 2.05) is 19.1 Å². The number of ether oxygens (including phenoxy) is 4. The van der Waals surface area contributed by atoms with Crippen molar-refractivity contribution in [3.8, 4) is 0 Å². The zero-order chi connectivity index (χ0) is 32.3. The average molecular weight is 639 g/mol. The summed E-state index contributed by atoms with van der Waals surface area (Å²) in [5, 5.41) is 36.0. The number of nitrogens with zero attached hydrogens (tertiary/aromatic N) is 2. The lowest BCUT2D eigenvalue weighted by molar-refractivity contribution is -0.284. The van der Waals surface area contributed by atoms with Crippen molar-refractivity contribution in [3.63, 3.8) is 0 Å². The predicted octanol–water partition coefficient (Wildman–Crippen LogP) is 3.90. The average Bonchev–Trinajstić information content (AvgIpc) is 3.58. The maximum Gasteiger partial charge on any atom is 0.331 e. The van der Waals surface area contributed by atoms with E-state index in [-0.39, 0.29) is 41.3 Å². The van der Waals surface area contributed by atoms with E-state index in [0.717, 1.165) is 43.2 Å². The molecule has 4 aliphatic carbocycles. The Kier molecular flexibility index (Phi) is 8.46. The van der Waals surface area contributed by atoms with Gasteiger partial charge in [0, 0.05) is 55.5 Å². The molecule has 10 nitrogen and oxygen atoms in total. The Balaban J connectivity index is 1.17. The Morgan fingerprint density at radius 3 is 2.61 bits per heavy atom. The summed E-state index contributed by atoms with van der Waals surface area (Å²) in [5.41, 5.74) is -0.871. The predicted molar refractivity (Wildman–Crippen MR) is 169 cm³/mol. The van der Waals surface area contributed by atoms with Gasteiger partial charge < -0.3 is 34.3 Å². The van der Waals surface area contributed by atoms with E-state index in [4.69, 9.17) is 23.9 Å². The molecule has 0 radical (unpaired) electrons. The van der Waals surface area contributed by atoms with Crippen LogP contribution >= 0.6 is 0 Å². The zero-order valence-electron chi connectivity index (χ0n) is 27.3. The van der Waals surface area contributed by atoms with Crippen molar-refractivity contribution >= 4 is 12.2 Å². The Bertz CT molecular complexity index is 1360. The SMILES string of the molecule is CO[C@H]1C[C@H](O[C@@H]2CC[C@]3(C=NCc4ccncc4)[C@H]4CC[C@]5(C)[C@H](C6=CC(=O)OC6)CC[C@]5(O)[C@H]4CC[C@]3(O)C2)O[C@H](C)[C@H]1O. The van der Waals surface area contributed by atoms with Gasteiger partial charge in [-0.1, -0.05) is 6.92 Å². The minimum absolute atomic E-state index is 0.00599.